The highest BCUT2D eigenvalue weighted by Gasteiger charge is 2.18. The van der Waals surface area contributed by atoms with E-state index in [1.54, 1.807) is 0 Å². The van der Waals surface area contributed by atoms with Gasteiger partial charge in [-0.2, -0.15) is 0 Å². The van der Waals surface area contributed by atoms with Gasteiger partial charge < -0.3 is 9.88 Å². The Hall–Kier alpha value is -1.34. The summed E-state index contributed by atoms with van der Waals surface area (Å²) in [6.07, 6.45) is 4.65. The van der Waals surface area contributed by atoms with E-state index >= 15 is 0 Å². The average molecular weight is 395 g/mol. The zero-order chi connectivity index (χ0) is 16.2. The van der Waals surface area contributed by atoms with Crippen LogP contribution in [0.4, 0.5) is 0 Å². The molecule has 23 heavy (non-hydrogen) atoms. The second-order valence-corrected chi connectivity index (χ2v) is 7.57. The number of thioether (sulfide) groups is 1. The fourth-order valence-corrected chi connectivity index (χ4v) is 3.75. The standard InChI is InChI=1S/C16H19BrN4OS/c1-21-15(11-6-8-12(17)9-7-11)19-20-16(21)23-10-14(22)18-13-4-2-3-5-13/h6-9,13H,2-5,10H2,1H3,(H,18,22). The molecule has 0 atom stereocenters. The molecule has 1 N–H and O–H groups in total. The summed E-state index contributed by atoms with van der Waals surface area (Å²) in [6, 6.07) is 8.31. The molecule has 0 aliphatic heterocycles. The van der Waals surface area contributed by atoms with Crippen molar-refractivity contribution in [2.75, 3.05) is 5.75 Å². The smallest absolute Gasteiger partial charge is 0.230 e. The number of amides is 1. The molecule has 122 valence electrons. The van der Waals surface area contributed by atoms with Crippen LogP contribution in [0.1, 0.15) is 25.7 Å². The van der Waals surface area contributed by atoms with Gasteiger partial charge in [0.1, 0.15) is 0 Å². The minimum absolute atomic E-state index is 0.0788. The summed E-state index contributed by atoms with van der Waals surface area (Å²) in [6.45, 7) is 0. The summed E-state index contributed by atoms with van der Waals surface area (Å²) in [5.74, 6) is 1.26. The molecule has 0 unspecified atom stereocenters. The van der Waals surface area contributed by atoms with Crippen LogP contribution in [0.15, 0.2) is 33.9 Å². The second-order valence-electron chi connectivity index (χ2n) is 5.71. The van der Waals surface area contributed by atoms with Crippen molar-refractivity contribution in [3.05, 3.63) is 28.7 Å². The van der Waals surface area contributed by atoms with Crippen molar-refractivity contribution in [1.29, 1.82) is 0 Å². The van der Waals surface area contributed by atoms with Crippen LogP contribution in [-0.4, -0.2) is 32.5 Å². The van der Waals surface area contributed by atoms with Gasteiger partial charge in [0.25, 0.3) is 0 Å². The zero-order valence-electron chi connectivity index (χ0n) is 13.0. The van der Waals surface area contributed by atoms with E-state index in [0.29, 0.717) is 11.8 Å². The van der Waals surface area contributed by atoms with Gasteiger partial charge in [0.2, 0.25) is 5.91 Å². The zero-order valence-corrected chi connectivity index (χ0v) is 15.4. The summed E-state index contributed by atoms with van der Waals surface area (Å²) in [5.41, 5.74) is 1.01. The lowest BCUT2D eigenvalue weighted by Crippen LogP contribution is -2.33. The molecule has 1 aliphatic rings. The lowest BCUT2D eigenvalue weighted by molar-refractivity contribution is -0.119. The topological polar surface area (TPSA) is 59.8 Å². The number of carbonyl (C=O) groups is 1. The molecule has 1 aromatic carbocycles. The quantitative estimate of drug-likeness (QED) is 0.789. The molecule has 0 spiro atoms. The van der Waals surface area contributed by atoms with Crippen LogP contribution in [0.5, 0.6) is 0 Å². The molecule has 5 nitrogen and oxygen atoms in total. The van der Waals surface area contributed by atoms with Crippen molar-refractivity contribution < 1.29 is 4.79 Å². The fourth-order valence-electron chi connectivity index (χ4n) is 2.76. The highest BCUT2D eigenvalue weighted by atomic mass is 79.9. The molecular formula is C16H19BrN4OS. The number of nitrogens with one attached hydrogen (secondary N) is 1. The summed E-state index contributed by atoms with van der Waals surface area (Å²) in [7, 11) is 1.93. The van der Waals surface area contributed by atoms with E-state index in [0.717, 1.165) is 33.9 Å². The largest absolute Gasteiger partial charge is 0.353 e. The van der Waals surface area contributed by atoms with Gasteiger partial charge in [-0.1, -0.05) is 52.7 Å². The predicted octanol–water partition coefficient (Wildman–Crippen LogP) is 3.40. The molecule has 0 bridgehead atoms. The Morgan fingerprint density at radius 1 is 1.30 bits per heavy atom. The first-order valence-electron chi connectivity index (χ1n) is 7.71. The first-order valence-corrected chi connectivity index (χ1v) is 9.49. The number of hydrogen-bond acceptors (Lipinski definition) is 4. The van der Waals surface area contributed by atoms with Crippen molar-refractivity contribution in [1.82, 2.24) is 20.1 Å². The lowest BCUT2D eigenvalue weighted by atomic mass is 10.2. The molecule has 1 heterocycles. The Labute approximate surface area is 148 Å². The van der Waals surface area contributed by atoms with E-state index in [9.17, 15) is 4.79 Å². The van der Waals surface area contributed by atoms with Crippen LogP contribution in [0.2, 0.25) is 0 Å². The molecule has 1 amide bonds. The molecule has 2 aromatic rings. The van der Waals surface area contributed by atoms with E-state index < -0.39 is 0 Å². The third-order valence-electron chi connectivity index (χ3n) is 3.99. The maximum Gasteiger partial charge on any atom is 0.230 e. The summed E-state index contributed by atoms with van der Waals surface area (Å²) in [5, 5.41) is 12.3. The molecule has 3 rings (SSSR count). The van der Waals surface area contributed by atoms with Crippen molar-refractivity contribution >= 4 is 33.6 Å². The third kappa shape index (κ3) is 4.14. The number of carbonyl (C=O) groups excluding carboxylic acids is 1. The van der Waals surface area contributed by atoms with Gasteiger partial charge in [-0.05, 0) is 25.0 Å². The first kappa shape index (κ1) is 16.5. The van der Waals surface area contributed by atoms with Gasteiger partial charge in [-0.3, -0.25) is 4.79 Å². The van der Waals surface area contributed by atoms with E-state index in [-0.39, 0.29) is 5.91 Å². The molecule has 1 saturated carbocycles. The maximum atomic E-state index is 12.0. The van der Waals surface area contributed by atoms with Crippen LogP contribution in [0, 0.1) is 0 Å². The number of benzene rings is 1. The predicted molar refractivity (Wildman–Crippen MR) is 95.3 cm³/mol. The number of aromatic nitrogens is 3. The Morgan fingerprint density at radius 2 is 2.00 bits per heavy atom. The van der Waals surface area contributed by atoms with Crippen LogP contribution < -0.4 is 5.32 Å². The SMILES string of the molecule is Cn1c(SCC(=O)NC2CCCC2)nnc1-c1ccc(Br)cc1. The fraction of sp³-hybridized carbons (Fsp3) is 0.438. The Morgan fingerprint density at radius 3 is 2.70 bits per heavy atom. The maximum absolute atomic E-state index is 12.0. The van der Waals surface area contributed by atoms with Crippen molar-refractivity contribution in [3.8, 4) is 11.4 Å². The number of nitrogens with zero attached hydrogens (tertiary/aromatic N) is 3. The van der Waals surface area contributed by atoms with Crippen LogP contribution in [-0.2, 0) is 11.8 Å². The Bertz CT molecular complexity index is 680. The molecule has 1 aliphatic carbocycles. The minimum atomic E-state index is 0.0788. The van der Waals surface area contributed by atoms with Crippen molar-refractivity contribution in [3.63, 3.8) is 0 Å². The number of hydrogen-bond donors (Lipinski definition) is 1. The van der Waals surface area contributed by atoms with Crippen LogP contribution in [0.3, 0.4) is 0 Å². The van der Waals surface area contributed by atoms with Crippen molar-refractivity contribution in [2.45, 2.75) is 36.9 Å². The Kier molecular flexibility index (Phi) is 5.38. The highest BCUT2D eigenvalue weighted by molar-refractivity contribution is 9.10. The van der Waals surface area contributed by atoms with E-state index in [2.05, 4.69) is 31.4 Å². The first-order chi connectivity index (χ1) is 11.1. The summed E-state index contributed by atoms with van der Waals surface area (Å²) in [4.78, 5) is 12.0. The molecule has 7 heteroatoms. The van der Waals surface area contributed by atoms with Gasteiger partial charge in [0, 0.05) is 23.1 Å². The molecular weight excluding hydrogens is 376 g/mol. The van der Waals surface area contributed by atoms with Gasteiger partial charge >= 0.3 is 0 Å². The third-order valence-corrected chi connectivity index (χ3v) is 5.54. The van der Waals surface area contributed by atoms with E-state index in [1.807, 2.05) is 35.9 Å². The molecule has 1 aromatic heterocycles. The lowest BCUT2D eigenvalue weighted by Gasteiger charge is -2.11. The van der Waals surface area contributed by atoms with E-state index in [1.165, 1.54) is 24.6 Å². The minimum Gasteiger partial charge on any atom is -0.353 e. The van der Waals surface area contributed by atoms with Gasteiger partial charge in [0.15, 0.2) is 11.0 Å². The second kappa shape index (κ2) is 7.49. The number of rotatable bonds is 5. The summed E-state index contributed by atoms with van der Waals surface area (Å²) >= 11 is 4.85. The van der Waals surface area contributed by atoms with Gasteiger partial charge in [-0.25, -0.2) is 0 Å². The molecule has 0 saturated heterocycles. The highest BCUT2D eigenvalue weighted by Crippen LogP contribution is 2.24. The Balaban J connectivity index is 1.60. The van der Waals surface area contributed by atoms with Crippen LogP contribution >= 0.6 is 27.7 Å². The molecule has 0 radical (unpaired) electrons. The number of halogens is 1. The van der Waals surface area contributed by atoms with Crippen LogP contribution in [0.25, 0.3) is 11.4 Å². The summed E-state index contributed by atoms with van der Waals surface area (Å²) < 4.78 is 2.96. The van der Waals surface area contributed by atoms with Gasteiger partial charge in [0.05, 0.1) is 5.75 Å². The van der Waals surface area contributed by atoms with E-state index in [4.69, 9.17) is 0 Å². The normalized spacial score (nSPS) is 15.0. The average Bonchev–Trinajstić information content (AvgIpc) is 3.16. The van der Waals surface area contributed by atoms with Crippen molar-refractivity contribution in [2.24, 2.45) is 7.05 Å². The van der Waals surface area contributed by atoms with Gasteiger partial charge in [-0.15, -0.1) is 10.2 Å². The molecule has 1 fully saturated rings. The monoisotopic (exact) mass is 394 g/mol.